The van der Waals surface area contributed by atoms with E-state index in [1.807, 2.05) is 0 Å². The molecule has 0 spiro atoms. The highest BCUT2D eigenvalue weighted by molar-refractivity contribution is 9.10. The van der Waals surface area contributed by atoms with Gasteiger partial charge in [-0.05, 0) is 28.1 Å². The van der Waals surface area contributed by atoms with Gasteiger partial charge in [-0.1, -0.05) is 0 Å². The van der Waals surface area contributed by atoms with Gasteiger partial charge in [0.05, 0.1) is 0 Å². The molecule has 1 rings (SSSR count). The maximum absolute atomic E-state index is 12.6. The first kappa shape index (κ1) is 8.13. The number of halogens is 2. The Morgan fingerprint density at radius 3 is 2.73 bits per heavy atom. The van der Waals surface area contributed by atoms with Crippen LogP contribution in [0.1, 0.15) is 10.5 Å². The summed E-state index contributed by atoms with van der Waals surface area (Å²) in [5.41, 5.74) is -0.570. The Labute approximate surface area is 70.0 Å². The number of hydrogen-bond acceptors (Lipinski definition) is 2. The smallest absolute Gasteiger partial charge is 0.357 e. The van der Waals surface area contributed by atoms with Gasteiger partial charge in [-0.15, -0.1) is 0 Å². The predicted molar refractivity (Wildman–Crippen MR) is 38.9 cm³/mol. The van der Waals surface area contributed by atoms with Gasteiger partial charge in [0.15, 0.2) is 11.5 Å². The van der Waals surface area contributed by atoms with Gasteiger partial charge < -0.3 is 5.11 Å². The second-order valence-electron chi connectivity index (χ2n) is 1.77. The van der Waals surface area contributed by atoms with E-state index in [9.17, 15) is 9.18 Å². The predicted octanol–water partition coefficient (Wildman–Crippen LogP) is 1.68. The molecule has 0 aliphatic heterocycles. The van der Waals surface area contributed by atoms with E-state index in [1.165, 1.54) is 6.07 Å². The Bertz CT molecular complexity index is 303. The summed E-state index contributed by atoms with van der Waals surface area (Å²) >= 11 is 2.92. The van der Waals surface area contributed by atoms with Crippen LogP contribution in [0.4, 0.5) is 4.39 Å². The second-order valence-corrected chi connectivity index (χ2v) is 2.58. The van der Waals surface area contributed by atoms with Crippen molar-refractivity contribution in [2.45, 2.75) is 0 Å². The third-order valence-corrected chi connectivity index (χ3v) is 1.46. The molecule has 11 heavy (non-hydrogen) atoms. The van der Waals surface area contributed by atoms with Gasteiger partial charge in [0.2, 0.25) is 0 Å². The highest BCUT2D eigenvalue weighted by atomic mass is 79.9. The average Bonchev–Trinajstić information content (AvgIpc) is 1.94. The molecule has 5 heteroatoms. The van der Waals surface area contributed by atoms with Gasteiger partial charge in [0, 0.05) is 0 Å². The number of pyridine rings is 1. The molecular formula is C6H3BrFNO2. The van der Waals surface area contributed by atoms with Crippen molar-refractivity contribution in [3.05, 3.63) is 28.2 Å². The minimum absolute atomic E-state index is 0.302. The zero-order chi connectivity index (χ0) is 8.43. The topological polar surface area (TPSA) is 50.2 Å². The van der Waals surface area contributed by atoms with Crippen LogP contribution >= 0.6 is 15.9 Å². The molecule has 1 heterocycles. The summed E-state index contributed by atoms with van der Waals surface area (Å²) in [6.07, 6.45) is 0. The molecule has 0 radical (unpaired) electrons. The van der Waals surface area contributed by atoms with Crippen LogP contribution in [-0.4, -0.2) is 16.1 Å². The SMILES string of the molecule is O=C(O)c1nc(Br)ccc1F. The van der Waals surface area contributed by atoms with Crippen LogP contribution in [0.3, 0.4) is 0 Å². The average molecular weight is 220 g/mol. The highest BCUT2D eigenvalue weighted by Gasteiger charge is 2.11. The Morgan fingerprint density at radius 2 is 2.27 bits per heavy atom. The molecule has 1 aromatic heterocycles. The van der Waals surface area contributed by atoms with Crippen LogP contribution in [0.2, 0.25) is 0 Å². The summed E-state index contributed by atoms with van der Waals surface area (Å²) in [5, 5.41) is 8.37. The number of hydrogen-bond donors (Lipinski definition) is 1. The maximum atomic E-state index is 12.6. The summed E-state index contributed by atoms with van der Waals surface area (Å²) in [6.45, 7) is 0. The molecule has 1 aromatic rings. The van der Waals surface area contributed by atoms with Crippen molar-refractivity contribution in [3.63, 3.8) is 0 Å². The number of aromatic nitrogens is 1. The minimum Gasteiger partial charge on any atom is -0.476 e. The second kappa shape index (κ2) is 2.96. The summed E-state index contributed by atoms with van der Waals surface area (Å²) < 4.78 is 12.9. The van der Waals surface area contributed by atoms with E-state index in [-0.39, 0.29) is 0 Å². The van der Waals surface area contributed by atoms with Crippen molar-refractivity contribution in [1.29, 1.82) is 0 Å². The fraction of sp³-hybridized carbons (Fsp3) is 0. The van der Waals surface area contributed by atoms with Crippen molar-refractivity contribution in [2.75, 3.05) is 0 Å². The summed E-state index contributed by atoms with van der Waals surface area (Å²) in [6, 6.07) is 2.38. The first-order chi connectivity index (χ1) is 5.11. The molecule has 0 aliphatic carbocycles. The first-order valence-corrected chi connectivity index (χ1v) is 3.46. The lowest BCUT2D eigenvalue weighted by molar-refractivity contribution is 0.0684. The van der Waals surface area contributed by atoms with Crippen LogP contribution in [-0.2, 0) is 0 Å². The molecule has 58 valence electrons. The van der Waals surface area contributed by atoms with Gasteiger partial charge in [-0.3, -0.25) is 0 Å². The van der Waals surface area contributed by atoms with E-state index in [2.05, 4.69) is 20.9 Å². The monoisotopic (exact) mass is 219 g/mol. The molecule has 0 saturated carbocycles. The van der Waals surface area contributed by atoms with Crippen LogP contribution < -0.4 is 0 Å². The maximum Gasteiger partial charge on any atom is 0.357 e. The first-order valence-electron chi connectivity index (χ1n) is 2.66. The standard InChI is InChI=1S/C6H3BrFNO2/c7-4-2-1-3(8)5(9-4)6(10)11/h1-2H,(H,10,11). The van der Waals surface area contributed by atoms with Crippen LogP contribution in [0, 0.1) is 5.82 Å². The fourth-order valence-corrected chi connectivity index (χ4v) is 0.878. The van der Waals surface area contributed by atoms with Crippen LogP contribution in [0.15, 0.2) is 16.7 Å². The van der Waals surface area contributed by atoms with Crippen molar-refractivity contribution < 1.29 is 14.3 Å². The molecule has 1 N–H and O–H groups in total. The van der Waals surface area contributed by atoms with Gasteiger partial charge in [0.25, 0.3) is 0 Å². The van der Waals surface area contributed by atoms with E-state index in [0.717, 1.165) is 6.07 Å². The van der Waals surface area contributed by atoms with Gasteiger partial charge in [-0.2, -0.15) is 0 Å². The zero-order valence-corrected chi connectivity index (χ0v) is 6.80. The number of rotatable bonds is 1. The number of nitrogens with zero attached hydrogens (tertiary/aromatic N) is 1. The Morgan fingerprint density at radius 1 is 1.64 bits per heavy atom. The molecule has 0 unspecified atom stereocenters. The third-order valence-electron chi connectivity index (χ3n) is 1.01. The third kappa shape index (κ3) is 1.74. The van der Waals surface area contributed by atoms with Crippen LogP contribution in [0.5, 0.6) is 0 Å². The number of aromatic carboxylic acids is 1. The molecule has 0 amide bonds. The van der Waals surface area contributed by atoms with Gasteiger partial charge in [0.1, 0.15) is 4.60 Å². The van der Waals surface area contributed by atoms with Crippen molar-refractivity contribution in [2.24, 2.45) is 0 Å². The molecule has 0 bridgehead atoms. The fourth-order valence-electron chi connectivity index (χ4n) is 0.568. The lowest BCUT2D eigenvalue weighted by Crippen LogP contribution is -2.03. The van der Waals surface area contributed by atoms with Crippen molar-refractivity contribution >= 4 is 21.9 Å². The Kier molecular flexibility index (Phi) is 2.19. The van der Waals surface area contributed by atoms with E-state index < -0.39 is 17.5 Å². The largest absolute Gasteiger partial charge is 0.476 e. The number of carboxylic acids is 1. The highest BCUT2D eigenvalue weighted by Crippen LogP contribution is 2.10. The van der Waals surface area contributed by atoms with Gasteiger partial charge >= 0.3 is 5.97 Å². The molecule has 0 aliphatic rings. The minimum atomic E-state index is -1.37. The number of carbonyl (C=O) groups is 1. The van der Waals surface area contributed by atoms with Crippen molar-refractivity contribution in [3.8, 4) is 0 Å². The molecule has 0 saturated heterocycles. The lowest BCUT2D eigenvalue weighted by Gasteiger charge is -1.95. The molecule has 0 aromatic carbocycles. The number of carboxylic acid groups (broad SMARTS) is 1. The van der Waals surface area contributed by atoms with E-state index in [0.29, 0.717) is 4.60 Å². The lowest BCUT2D eigenvalue weighted by atomic mass is 10.3. The van der Waals surface area contributed by atoms with E-state index in [4.69, 9.17) is 5.11 Å². The molecular weight excluding hydrogens is 217 g/mol. The van der Waals surface area contributed by atoms with Crippen molar-refractivity contribution in [1.82, 2.24) is 4.98 Å². The zero-order valence-electron chi connectivity index (χ0n) is 5.21. The molecule has 3 nitrogen and oxygen atoms in total. The van der Waals surface area contributed by atoms with Crippen LogP contribution in [0.25, 0.3) is 0 Å². The quantitative estimate of drug-likeness (QED) is 0.732. The summed E-state index contributed by atoms with van der Waals surface area (Å²) in [5.74, 6) is -2.20. The summed E-state index contributed by atoms with van der Waals surface area (Å²) in [7, 11) is 0. The summed E-state index contributed by atoms with van der Waals surface area (Å²) in [4.78, 5) is 13.7. The molecule has 0 atom stereocenters. The normalized spacial score (nSPS) is 9.64. The van der Waals surface area contributed by atoms with Gasteiger partial charge in [-0.25, -0.2) is 14.2 Å². The Hall–Kier alpha value is -0.970. The van der Waals surface area contributed by atoms with E-state index in [1.54, 1.807) is 0 Å². The van der Waals surface area contributed by atoms with E-state index >= 15 is 0 Å². The Balaban J connectivity index is 3.23. The molecule has 0 fully saturated rings.